The second-order valence-electron chi connectivity index (χ2n) is 2.89. The normalized spacial score (nSPS) is 18.6. The van der Waals surface area contributed by atoms with Gasteiger partial charge < -0.3 is 5.32 Å². The first-order valence-corrected chi connectivity index (χ1v) is 5.17. The summed E-state index contributed by atoms with van der Waals surface area (Å²) in [6.07, 6.45) is 0. The molecule has 0 aliphatic carbocycles. The number of carbonyl (C=O) groups is 1. The van der Waals surface area contributed by atoms with E-state index in [9.17, 15) is 4.79 Å². The van der Waals surface area contributed by atoms with Crippen molar-refractivity contribution >= 4 is 28.7 Å². The van der Waals surface area contributed by atoms with E-state index >= 15 is 0 Å². The highest BCUT2D eigenvalue weighted by atomic mass is 32.2. The average Bonchev–Trinajstić information content (AvgIpc) is 2.51. The highest BCUT2D eigenvalue weighted by Gasteiger charge is 2.16. The molecule has 4 nitrogen and oxygen atoms in total. The number of nitrogens with one attached hydrogen (secondary N) is 1. The van der Waals surface area contributed by atoms with Crippen LogP contribution < -0.4 is 5.32 Å². The SMILES string of the molecule is Cc1cccc(/N=C2/NC(=O)CS2)n1. The summed E-state index contributed by atoms with van der Waals surface area (Å²) in [7, 11) is 0. The summed E-state index contributed by atoms with van der Waals surface area (Å²) in [4.78, 5) is 19.3. The van der Waals surface area contributed by atoms with Crippen molar-refractivity contribution in [3.63, 3.8) is 0 Å². The van der Waals surface area contributed by atoms with Crippen LogP contribution in [0.25, 0.3) is 0 Å². The van der Waals surface area contributed by atoms with Gasteiger partial charge >= 0.3 is 0 Å². The maximum Gasteiger partial charge on any atom is 0.236 e. The van der Waals surface area contributed by atoms with Crippen molar-refractivity contribution in [2.24, 2.45) is 4.99 Å². The molecule has 72 valence electrons. The lowest BCUT2D eigenvalue weighted by molar-refractivity contribution is -0.116. The molecule has 1 saturated heterocycles. The number of aromatic nitrogens is 1. The Bertz CT molecular complexity index is 403. The van der Waals surface area contributed by atoms with Crippen LogP contribution in [0.15, 0.2) is 23.2 Å². The van der Waals surface area contributed by atoms with Gasteiger partial charge in [-0.25, -0.2) is 9.98 Å². The minimum atomic E-state index is 0.00130. The lowest BCUT2D eigenvalue weighted by atomic mass is 10.4. The fourth-order valence-electron chi connectivity index (χ4n) is 1.08. The molecule has 0 saturated carbocycles. The van der Waals surface area contributed by atoms with Gasteiger partial charge in [0.25, 0.3) is 0 Å². The average molecular weight is 207 g/mol. The minimum absolute atomic E-state index is 0.00130. The Hall–Kier alpha value is -1.36. The molecule has 2 rings (SSSR count). The molecule has 0 spiro atoms. The van der Waals surface area contributed by atoms with Crippen LogP contribution in [0.1, 0.15) is 5.69 Å². The molecule has 1 aromatic rings. The Morgan fingerprint density at radius 1 is 1.57 bits per heavy atom. The Balaban J connectivity index is 2.21. The molecule has 0 bridgehead atoms. The molecular weight excluding hydrogens is 198 g/mol. The molecule has 1 amide bonds. The molecule has 0 unspecified atom stereocenters. The standard InChI is InChI=1S/C9H9N3OS/c1-6-3-2-4-7(10-6)11-9-12-8(13)5-14-9/h2-4H,5H2,1H3,(H,10,11,12,13). The van der Waals surface area contributed by atoms with E-state index in [1.54, 1.807) is 0 Å². The third-order valence-electron chi connectivity index (χ3n) is 1.68. The van der Waals surface area contributed by atoms with Crippen molar-refractivity contribution < 1.29 is 4.79 Å². The van der Waals surface area contributed by atoms with Crippen LogP contribution >= 0.6 is 11.8 Å². The van der Waals surface area contributed by atoms with Crippen LogP contribution in [0.3, 0.4) is 0 Å². The van der Waals surface area contributed by atoms with E-state index in [0.29, 0.717) is 16.7 Å². The Morgan fingerprint density at radius 2 is 2.43 bits per heavy atom. The van der Waals surface area contributed by atoms with Gasteiger partial charge in [0.15, 0.2) is 11.0 Å². The van der Waals surface area contributed by atoms with Gasteiger partial charge in [0, 0.05) is 5.69 Å². The number of rotatable bonds is 1. The molecule has 1 N–H and O–H groups in total. The predicted molar refractivity (Wildman–Crippen MR) is 56.7 cm³/mol. The van der Waals surface area contributed by atoms with E-state index in [2.05, 4.69) is 15.3 Å². The van der Waals surface area contributed by atoms with Crippen molar-refractivity contribution in [2.45, 2.75) is 6.92 Å². The summed E-state index contributed by atoms with van der Waals surface area (Å²) in [5, 5.41) is 3.29. The van der Waals surface area contributed by atoms with Gasteiger partial charge in [-0.1, -0.05) is 17.8 Å². The number of amides is 1. The third-order valence-corrected chi connectivity index (χ3v) is 2.55. The first-order valence-electron chi connectivity index (χ1n) is 4.19. The summed E-state index contributed by atoms with van der Waals surface area (Å²) >= 11 is 1.40. The van der Waals surface area contributed by atoms with E-state index in [-0.39, 0.29) is 5.91 Å². The highest BCUT2D eigenvalue weighted by Crippen LogP contribution is 2.15. The van der Waals surface area contributed by atoms with Crippen LogP contribution in [0.4, 0.5) is 5.82 Å². The summed E-state index contributed by atoms with van der Waals surface area (Å²) in [6.45, 7) is 1.91. The zero-order chi connectivity index (χ0) is 9.97. The number of aliphatic imine (C=N–C) groups is 1. The number of amidine groups is 1. The highest BCUT2D eigenvalue weighted by molar-refractivity contribution is 8.15. The largest absolute Gasteiger partial charge is 0.304 e. The van der Waals surface area contributed by atoms with E-state index in [1.807, 2.05) is 25.1 Å². The molecule has 0 atom stereocenters. The van der Waals surface area contributed by atoms with Crippen molar-refractivity contribution in [3.05, 3.63) is 23.9 Å². The van der Waals surface area contributed by atoms with Crippen LogP contribution in [0.2, 0.25) is 0 Å². The van der Waals surface area contributed by atoms with Crippen LogP contribution in [-0.2, 0) is 4.79 Å². The lowest BCUT2D eigenvalue weighted by Gasteiger charge is -1.96. The van der Waals surface area contributed by atoms with Gasteiger partial charge in [-0.05, 0) is 19.1 Å². The first kappa shape index (κ1) is 9.21. The molecular formula is C9H9N3OS. The fraction of sp³-hybridized carbons (Fsp3) is 0.222. The summed E-state index contributed by atoms with van der Waals surface area (Å²) in [5.74, 6) is 1.08. The maximum absolute atomic E-state index is 10.9. The smallest absolute Gasteiger partial charge is 0.236 e. The number of pyridine rings is 1. The summed E-state index contributed by atoms with van der Waals surface area (Å²) < 4.78 is 0. The second kappa shape index (κ2) is 3.79. The maximum atomic E-state index is 10.9. The van der Waals surface area contributed by atoms with Crippen LogP contribution in [0, 0.1) is 6.92 Å². The molecule has 1 fully saturated rings. The molecule has 1 aliphatic heterocycles. The van der Waals surface area contributed by atoms with E-state index in [1.165, 1.54) is 11.8 Å². The monoisotopic (exact) mass is 207 g/mol. The topological polar surface area (TPSA) is 54.4 Å². The lowest BCUT2D eigenvalue weighted by Crippen LogP contribution is -2.19. The molecule has 1 aliphatic rings. The minimum Gasteiger partial charge on any atom is -0.304 e. The summed E-state index contributed by atoms with van der Waals surface area (Å²) in [6, 6.07) is 5.61. The molecule has 2 heterocycles. The zero-order valence-corrected chi connectivity index (χ0v) is 8.47. The van der Waals surface area contributed by atoms with Gasteiger partial charge in [0.1, 0.15) is 0 Å². The summed E-state index contributed by atoms with van der Waals surface area (Å²) in [5.41, 5.74) is 0.918. The van der Waals surface area contributed by atoms with Crippen molar-refractivity contribution in [1.82, 2.24) is 10.3 Å². The molecule has 0 aromatic carbocycles. The Kier molecular flexibility index (Phi) is 2.49. The van der Waals surface area contributed by atoms with Crippen molar-refractivity contribution in [3.8, 4) is 0 Å². The van der Waals surface area contributed by atoms with Crippen LogP contribution in [-0.4, -0.2) is 21.8 Å². The number of nitrogens with zero attached hydrogens (tertiary/aromatic N) is 2. The number of hydrogen-bond donors (Lipinski definition) is 1. The van der Waals surface area contributed by atoms with E-state index < -0.39 is 0 Å². The fourth-order valence-corrected chi connectivity index (χ4v) is 1.76. The number of thioether (sulfide) groups is 1. The molecule has 0 radical (unpaired) electrons. The van der Waals surface area contributed by atoms with E-state index in [4.69, 9.17) is 0 Å². The van der Waals surface area contributed by atoms with Crippen LogP contribution in [0.5, 0.6) is 0 Å². The molecule has 14 heavy (non-hydrogen) atoms. The number of aryl methyl sites for hydroxylation is 1. The predicted octanol–water partition coefficient (Wildman–Crippen LogP) is 1.24. The van der Waals surface area contributed by atoms with Gasteiger partial charge in [-0.3, -0.25) is 4.79 Å². The molecule has 5 heteroatoms. The second-order valence-corrected chi connectivity index (χ2v) is 3.86. The van der Waals surface area contributed by atoms with Gasteiger partial charge in [-0.2, -0.15) is 0 Å². The Morgan fingerprint density at radius 3 is 3.07 bits per heavy atom. The quantitative estimate of drug-likeness (QED) is 0.753. The molecule has 1 aromatic heterocycles. The van der Waals surface area contributed by atoms with Gasteiger partial charge in [0.2, 0.25) is 5.91 Å². The first-order chi connectivity index (χ1) is 6.74. The van der Waals surface area contributed by atoms with Gasteiger partial charge in [0.05, 0.1) is 5.75 Å². The Labute approximate surface area is 85.8 Å². The number of hydrogen-bond acceptors (Lipinski definition) is 4. The van der Waals surface area contributed by atoms with Gasteiger partial charge in [-0.15, -0.1) is 0 Å². The van der Waals surface area contributed by atoms with Crippen molar-refractivity contribution in [1.29, 1.82) is 0 Å². The van der Waals surface area contributed by atoms with Crippen molar-refractivity contribution in [2.75, 3.05) is 5.75 Å². The number of carbonyl (C=O) groups excluding carboxylic acids is 1. The zero-order valence-electron chi connectivity index (χ0n) is 7.65. The third kappa shape index (κ3) is 2.11. The van der Waals surface area contributed by atoms with E-state index in [0.717, 1.165) is 5.69 Å².